The predicted octanol–water partition coefficient (Wildman–Crippen LogP) is 3.60. The maximum absolute atomic E-state index is 14.3. The van der Waals surface area contributed by atoms with Crippen molar-refractivity contribution in [1.29, 1.82) is 0 Å². The SMILES string of the molecule is CCNC(Cc1ccccc1)Cc1cccc(OC)c1F. The molecule has 0 fully saturated rings. The van der Waals surface area contributed by atoms with Crippen LogP contribution in [0.3, 0.4) is 0 Å². The van der Waals surface area contributed by atoms with E-state index in [2.05, 4.69) is 24.4 Å². The van der Waals surface area contributed by atoms with Crippen LogP contribution in [0.5, 0.6) is 5.75 Å². The van der Waals surface area contributed by atoms with E-state index in [4.69, 9.17) is 4.74 Å². The molecule has 1 atom stereocenters. The van der Waals surface area contributed by atoms with Crippen molar-refractivity contribution >= 4 is 0 Å². The Bertz CT molecular complexity index is 556. The molecule has 2 nitrogen and oxygen atoms in total. The molecule has 2 aromatic carbocycles. The molecule has 0 saturated carbocycles. The Balaban J connectivity index is 2.13. The van der Waals surface area contributed by atoms with Gasteiger partial charge in [-0.2, -0.15) is 0 Å². The van der Waals surface area contributed by atoms with Crippen molar-refractivity contribution in [3.8, 4) is 5.75 Å². The second-order valence-corrected chi connectivity index (χ2v) is 5.08. The van der Waals surface area contributed by atoms with Crippen LogP contribution in [-0.4, -0.2) is 19.7 Å². The predicted molar refractivity (Wildman–Crippen MR) is 84.3 cm³/mol. The molecule has 0 heterocycles. The normalized spacial score (nSPS) is 12.1. The van der Waals surface area contributed by atoms with Crippen LogP contribution in [-0.2, 0) is 12.8 Å². The molecule has 1 unspecified atom stereocenters. The Hall–Kier alpha value is -1.87. The first-order valence-electron chi connectivity index (χ1n) is 7.33. The average molecular weight is 287 g/mol. The third kappa shape index (κ3) is 4.30. The zero-order valence-corrected chi connectivity index (χ0v) is 12.6. The van der Waals surface area contributed by atoms with E-state index in [9.17, 15) is 4.39 Å². The molecule has 0 amide bonds. The first kappa shape index (κ1) is 15.5. The highest BCUT2D eigenvalue weighted by atomic mass is 19.1. The van der Waals surface area contributed by atoms with Gasteiger partial charge in [-0.15, -0.1) is 0 Å². The molecule has 0 aliphatic carbocycles. The van der Waals surface area contributed by atoms with Gasteiger partial charge in [-0.3, -0.25) is 0 Å². The van der Waals surface area contributed by atoms with E-state index < -0.39 is 0 Å². The van der Waals surface area contributed by atoms with E-state index in [-0.39, 0.29) is 11.9 Å². The maximum atomic E-state index is 14.3. The van der Waals surface area contributed by atoms with E-state index in [1.165, 1.54) is 12.7 Å². The lowest BCUT2D eigenvalue weighted by Crippen LogP contribution is -2.33. The second-order valence-electron chi connectivity index (χ2n) is 5.08. The number of halogens is 1. The highest BCUT2D eigenvalue weighted by molar-refractivity contribution is 5.32. The van der Waals surface area contributed by atoms with Crippen LogP contribution < -0.4 is 10.1 Å². The van der Waals surface area contributed by atoms with Crippen molar-refractivity contribution in [2.45, 2.75) is 25.8 Å². The number of ether oxygens (including phenoxy) is 1. The summed E-state index contributed by atoms with van der Waals surface area (Å²) in [4.78, 5) is 0. The third-order valence-corrected chi connectivity index (χ3v) is 3.55. The lowest BCUT2D eigenvalue weighted by atomic mass is 9.98. The fourth-order valence-electron chi connectivity index (χ4n) is 2.54. The lowest BCUT2D eigenvalue weighted by Gasteiger charge is -2.19. The van der Waals surface area contributed by atoms with Crippen molar-refractivity contribution < 1.29 is 9.13 Å². The van der Waals surface area contributed by atoms with E-state index in [0.29, 0.717) is 17.7 Å². The van der Waals surface area contributed by atoms with Gasteiger partial charge in [0.25, 0.3) is 0 Å². The Morgan fingerprint density at radius 2 is 1.81 bits per heavy atom. The van der Waals surface area contributed by atoms with Crippen LogP contribution in [0.25, 0.3) is 0 Å². The molecule has 2 aromatic rings. The highest BCUT2D eigenvalue weighted by Crippen LogP contribution is 2.21. The largest absolute Gasteiger partial charge is 0.494 e. The van der Waals surface area contributed by atoms with Crippen molar-refractivity contribution in [1.82, 2.24) is 5.32 Å². The zero-order chi connectivity index (χ0) is 15.1. The van der Waals surface area contributed by atoms with Crippen LogP contribution in [0.4, 0.5) is 4.39 Å². The molecule has 112 valence electrons. The smallest absolute Gasteiger partial charge is 0.168 e. The molecule has 0 aliphatic heterocycles. The number of hydrogen-bond acceptors (Lipinski definition) is 2. The van der Waals surface area contributed by atoms with Crippen molar-refractivity contribution in [2.24, 2.45) is 0 Å². The number of hydrogen-bond donors (Lipinski definition) is 1. The third-order valence-electron chi connectivity index (χ3n) is 3.55. The number of likely N-dealkylation sites (N-methyl/N-ethyl adjacent to an activating group) is 1. The van der Waals surface area contributed by atoms with Gasteiger partial charge in [-0.1, -0.05) is 49.4 Å². The summed E-state index contributed by atoms with van der Waals surface area (Å²) in [6.07, 6.45) is 1.52. The van der Waals surface area contributed by atoms with Gasteiger partial charge in [0.15, 0.2) is 11.6 Å². The van der Waals surface area contributed by atoms with E-state index in [1.807, 2.05) is 30.3 Å². The van der Waals surface area contributed by atoms with E-state index in [0.717, 1.165) is 13.0 Å². The second kappa shape index (κ2) is 7.79. The molecule has 0 spiro atoms. The minimum Gasteiger partial charge on any atom is -0.494 e. The van der Waals surface area contributed by atoms with Crippen LogP contribution >= 0.6 is 0 Å². The molecular weight excluding hydrogens is 265 g/mol. The Morgan fingerprint density at radius 1 is 1.05 bits per heavy atom. The van der Waals surface area contributed by atoms with Gasteiger partial charge in [-0.05, 0) is 36.6 Å². The molecule has 3 heteroatoms. The summed E-state index contributed by atoms with van der Waals surface area (Å²) in [5.74, 6) is 0.0541. The maximum Gasteiger partial charge on any atom is 0.168 e. The van der Waals surface area contributed by atoms with Gasteiger partial charge in [0, 0.05) is 6.04 Å². The quantitative estimate of drug-likeness (QED) is 0.840. The number of methoxy groups -OCH3 is 1. The van der Waals surface area contributed by atoms with Gasteiger partial charge in [0.2, 0.25) is 0 Å². The van der Waals surface area contributed by atoms with Crippen molar-refractivity contribution in [3.63, 3.8) is 0 Å². The topological polar surface area (TPSA) is 21.3 Å². The summed E-state index contributed by atoms with van der Waals surface area (Å²) in [6, 6.07) is 15.8. The van der Waals surface area contributed by atoms with Gasteiger partial charge in [-0.25, -0.2) is 4.39 Å². The molecule has 2 rings (SSSR count). The molecule has 0 aliphatic rings. The van der Waals surface area contributed by atoms with Gasteiger partial charge >= 0.3 is 0 Å². The molecule has 0 bridgehead atoms. The zero-order valence-electron chi connectivity index (χ0n) is 12.6. The number of benzene rings is 2. The summed E-state index contributed by atoms with van der Waals surface area (Å²) in [5.41, 5.74) is 1.95. The molecular formula is C18H22FNO. The number of nitrogens with one attached hydrogen (secondary N) is 1. The fraction of sp³-hybridized carbons (Fsp3) is 0.333. The standard InChI is InChI=1S/C18H22FNO/c1-3-20-16(12-14-8-5-4-6-9-14)13-15-10-7-11-17(21-2)18(15)19/h4-11,16,20H,3,12-13H2,1-2H3. The molecule has 0 radical (unpaired) electrons. The summed E-state index contributed by atoms with van der Waals surface area (Å²) in [7, 11) is 1.49. The minimum absolute atomic E-state index is 0.207. The minimum atomic E-state index is -0.254. The van der Waals surface area contributed by atoms with Crippen molar-refractivity contribution in [3.05, 3.63) is 65.5 Å². The van der Waals surface area contributed by atoms with Gasteiger partial charge < -0.3 is 10.1 Å². The molecule has 0 aromatic heterocycles. The lowest BCUT2D eigenvalue weighted by molar-refractivity contribution is 0.382. The molecule has 0 saturated heterocycles. The van der Waals surface area contributed by atoms with Crippen LogP contribution in [0.1, 0.15) is 18.1 Å². The fourth-order valence-corrected chi connectivity index (χ4v) is 2.54. The summed E-state index contributed by atoms with van der Waals surface area (Å²) >= 11 is 0. The van der Waals surface area contributed by atoms with Crippen LogP contribution in [0.2, 0.25) is 0 Å². The highest BCUT2D eigenvalue weighted by Gasteiger charge is 2.14. The van der Waals surface area contributed by atoms with E-state index in [1.54, 1.807) is 6.07 Å². The summed E-state index contributed by atoms with van der Waals surface area (Å²) < 4.78 is 19.3. The van der Waals surface area contributed by atoms with E-state index >= 15 is 0 Å². The van der Waals surface area contributed by atoms with Gasteiger partial charge in [0.05, 0.1) is 7.11 Å². The Morgan fingerprint density at radius 3 is 2.48 bits per heavy atom. The number of rotatable bonds is 7. The van der Waals surface area contributed by atoms with Crippen LogP contribution in [0, 0.1) is 5.82 Å². The Kier molecular flexibility index (Phi) is 5.76. The summed E-state index contributed by atoms with van der Waals surface area (Å²) in [5, 5.41) is 3.44. The summed E-state index contributed by atoms with van der Waals surface area (Å²) in [6.45, 7) is 2.93. The van der Waals surface area contributed by atoms with Crippen LogP contribution in [0.15, 0.2) is 48.5 Å². The van der Waals surface area contributed by atoms with Gasteiger partial charge in [0.1, 0.15) is 0 Å². The monoisotopic (exact) mass is 287 g/mol. The Labute approximate surface area is 126 Å². The molecule has 1 N–H and O–H groups in total. The molecule has 21 heavy (non-hydrogen) atoms. The first-order chi connectivity index (χ1) is 10.2. The average Bonchev–Trinajstić information content (AvgIpc) is 2.50. The van der Waals surface area contributed by atoms with Crippen molar-refractivity contribution in [2.75, 3.05) is 13.7 Å². The first-order valence-corrected chi connectivity index (χ1v) is 7.33.